The predicted octanol–water partition coefficient (Wildman–Crippen LogP) is 1.62. The molecule has 98 valence electrons. The molecule has 17 heavy (non-hydrogen) atoms. The average molecular weight is 239 g/mol. The highest BCUT2D eigenvalue weighted by Crippen LogP contribution is 2.17. The maximum absolute atomic E-state index is 11.7. The summed E-state index contributed by atoms with van der Waals surface area (Å²) >= 11 is 0. The minimum Gasteiger partial charge on any atom is -0.338 e. The Balaban J connectivity index is 1.59. The molecule has 1 saturated heterocycles. The number of urea groups is 1. The Morgan fingerprint density at radius 3 is 2.65 bits per heavy atom. The van der Waals surface area contributed by atoms with E-state index in [-0.39, 0.29) is 6.03 Å². The van der Waals surface area contributed by atoms with Crippen molar-refractivity contribution < 1.29 is 4.79 Å². The Morgan fingerprint density at radius 1 is 1.12 bits per heavy atom. The van der Waals surface area contributed by atoms with E-state index in [0.717, 1.165) is 32.5 Å². The number of amides is 2. The van der Waals surface area contributed by atoms with Crippen LogP contribution < -0.4 is 16.0 Å². The lowest BCUT2D eigenvalue weighted by molar-refractivity contribution is 0.229. The highest BCUT2D eigenvalue weighted by molar-refractivity contribution is 5.74. The van der Waals surface area contributed by atoms with Crippen molar-refractivity contribution in [2.75, 3.05) is 19.6 Å². The lowest BCUT2D eigenvalue weighted by Gasteiger charge is -2.25. The second kappa shape index (κ2) is 6.84. The second-order valence-electron chi connectivity index (χ2n) is 5.40. The van der Waals surface area contributed by atoms with Crippen molar-refractivity contribution in [3.63, 3.8) is 0 Å². The molecule has 0 aromatic carbocycles. The zero-order valence-electron chi connectivity index (χ0n) is 10.6. The van der Waals surface area contributed by atoms with E-state index in [4.69, 9.17) is 0 Å². The van der Waals surface area contributed by atoms with E-state index in [1.165, 1.54) is 32.1 Å². The van der Waals surface area contributed by atoms with Gasteiger partial charge in [-0.3, -0.25) is 0 Å². The third kappa shape index (κ3) is 4.54. The lowest BCUT2D eigenvalue weighted by atomic mass is 9.96. The number of hydrogen-bond acceptors (Lipinski definition) is 2. The summed E-state index contributed by atoms with van der Waals surface area (Å²) in [5.41, 5.74) is 0. The summed E-state index contributed by atoms with van der Waals surface area (Å²) in [6, 6.07) is 0.440. The Morgan fingerprint density at radius 2 is 1.94 bits per heavy atom. The Labute approximate surface area is 104 Å². The third-order valence-electron chi connectivity index (χ3n) is 3.89. The maximum Gasteiger partial charge on any atom is 0.315 e. The fourth-order valence-electron chi connectivity index (χ4n) is 2.82. The first-order valence-electron chi connectivity index (χ1n) is 7.09. The second-order valence-corrected chi connectivity index (χ2v) is 5.40. The van der Waals surface area contributed by atoms with Gasteiger partial charge in [0.1, 0.15) is 0 Å². The molecule has 0 aromatic rings. The molecule has 0 spiro atoms. The molecule has 0 bridgehead atoms. The van der Waals surface area contributed by atoms with Gasteiger partial charge in [-0.15, -0.1) is 0 Å². The van der Waals surface area contributed by atoms with Crippen molar-refractivity contribution in [2.24, 2.45) is 5.92 Å². The van der Waals surface area contributed by atoms with Crippen LogP contribution in [0.5, 0.6) is 0 Å². The van der Waals surface area contributed by atoms with Crippen molar-refractivity contribution in [3.8, 4) is 0 Å². The summed E-state index contributed by atoms with van der Waals surface area (Å²) in [6.45, 7) is 2.99. The van der Waals surface area contributed by atoms with Crippen LogP contribution in [-0.4, -0.2) is 31.7 Å². The number of piperidine rings is 1. The van der Waals surface area contributed by atoms with Gasteiger partial charge in [0.2, 0.25) is 0 Å². The molecular formula is C13H25N3O. The molecule has 1 heterocycles. The molecule has 1 atom stereocenters. The minimum absolute atomic E-state index is 0.0301. The molecule has 0 radical (unpaired) electrons. The maximum atomic E-state index is 11.7. The number of carbonyl (C=O) groups excluding carboxylic acids is 1. The molecule has 1 saturated carbocycles. The molecule has 2 rings (SSSR count). The van der Waals surface area contributed by atoms with Crippen LogP contribution in [0.4, 0.5) is 4.79 Å². The van der Waals surface area contributed by atoms with Crippen molar-refractivity contribution in [1.29, 1.82) is 0 Å². The summed E-state index contributed by atoms with van der Waals surface area (Å²) in [6.07, 6.45) is 8.62. The van der Waals surface area contributed by atoms with E-state index >= 15 is 0 Å². The van der Waals surface area contributed by atoms with Crippen LogP contribution in [0.1, 0.15) is 44.9 Å². The Bertz CT molecular complexity index is 233. The van der Waals surface area contributed by atoms with Crippen LogP contribution in [0.2, 0.25) is 0 Å². The van der Waals surface area contributed by atoms with Crippen LogP contribution in [-0.2, 0) is 0 Å². The molecule has 1 unspecified atom stereocenters. The summed E-state index contributed by atoms with van der Waals surface area (Å²) in [5.74, 6) is 0.612. The van der Waals surface area contributed by atoms with E-state index in [1.54, 1.807) is 0 Å². The van der Waals surface area contributed by atoms with Gasteiger partial charge in [-0.25, -0.2) is 4.79 Å². The van der Waals surface area contributed by atoms with Crippen molar-refractivity contribution in [3.05, 3.63) is 0 Å². The van der Waals surface area contributed by atoms with E-state index in [1.807, 2.05) is 0 Å². The number of hydrogen-bond donors (Lipinski definition) is 3. The number of rotatable bonds is 3. The molecule has 4 nitrogen and oxygen atoms in total. The van der Waals surface area contributed by atoms with Gasteiger partial charge < -0.3 is 16.0 Å². The van der Waals surface area contributed by atoms with E-state index < -0.39 is 0 Å². The van der Waals surface area contributed by atoms with E-state index in [0.29, 0.717) is 12.0 Å². The quantitative estimate of drug-likeness (QED) is 0.701. The first kappa shape index (κ1) is 12.7. The van der Waals surface area contributed by atoms with Crippen molar-refractivity contribution in [2.45, 2.75) is 51.0 Å². The highest BCUT2D eigenvalue weighted by Gasteiger charge is 2.17. The highest BCUT2D eigenvalue weighted by atomic mass is 16.2. The minimum atomic E-state index is 0.0301. The van der Waals surface area contributed by atoms with Gasteiger partial charge in [-0.2, -0.15) is 0 Å². The topological polar surface area (TPSA) is 53.2 Å². The Hall–Kier alpha value is -0.770. The van der Waals surface area contributed by atoms with E-state index in [9.17, 15) is 4.79 Å². The fourth-order valence-corrected chi connectivity index (χ4v) is 2.82. The monoisotopic (exact) mass is 239 g/mol. The molecule has 1 aliphatic heterocycles. The molecular weight excluding hydrogens is 214 g/mol. The normalized spacial score (nSPS) is 26.5. The van der Waals surface area contributed by atoms with Crippen molar-refractivity contribution in [1.82, 2.24) is 16.0 Å². The standard InChI is InChI=1S/C13H25N3O/c17-13(16-12-6-2-1-3-7-12)15-10-11-5-4-8-14-9-11/h11-12,14H,1-10H2,(H2,15,16,17). The van der Waals surface area contributed by atoms with Crippen LogP contribution in [0, 0.1) is 5.92 Å². The van der Waals surface area contributed by atoms with Gasteiger partial charge in [0, 0.05) is 12.6 Å². The first-order valence-corrected chi connectivity index (χ1v) is 7.09. The predicted molar refractivity (Wildman–Crippen MR) is 69.0 cm³/mol. The van der Waals surface area contributed by atoms with Gasteiger partial charge in [-0.1, -0.05) is 19.3 Å². The summed E-state index contributed by atoms with van der Waals surface area (Å²) in [7, 11) is 0. The molecule has 2 aliphatic rings. The first-order chi connectivity index (χ1) is 8.34. The average Bonchev–Trinajstić information content (AvgIpc) is 2.39. The zero-order valence-corrected chi connectivity index (χ0v) is 10.6. The van der Waals surface area contributed by atoms with Crippen LogP contribution in [0.3, 0.4) is 0 Å². The molecule has 4 heteroatoms. The van der Waals surface area contributed by atoms with Crippen LogP contribution in [0.25, 0.3) is 0 Å². The van der Waals surface area contributed by atoms with Gasteiger partial charge in [-0.05, 0) is 44.7 Å². The van der Waals surface area contributed by atoms with E-state index in [2.05, 4.69) is 16.0 Å². The van der Waals surface area contributed by atoms with Gasteiger partial charge in [0.25, 0.3) is 0 Å². The number of nitrogens with one attached hydrogen (secondary N) is 3. The third-order valence-corrected chi connectivity index (χ3v) is 3.89. The summed E-state index contributed by atoms with van der Waals surface area (Å²) < 4.78 is 0. The fraction of sp³-hybridized carbons (Fsp3) is 0.923. The molecule has 2 fully saturated rings. The molecule has 3 N–H and O–H groups in total. The summed E-state index contributed by atoms with van der Waals surface area (Å²) in [5, 5.41) is 9.47. The molecule has 2 amide bonds. The smallest absolute Gasteiger partial charge is 0.315 e. The largest absolute Gasteiger partial charge is 0.338 e. The van der Waals surface area contributed by atoms with Crippen LogP contribution in [0.15, 0.2) is 0 Å². The van der Waals surface area contributed by atoms with Gasteiger partial charge >= 0.3 is 6.03 Å². The zero-order chi connectivity index (χ0) is 11.9. The lowest BCUT2D eigenvalue weighted by Crippen LogP contribution is -2.46. The molecule has 0 aromatic heterocycles. The number of carbonyl (C=O) groups is 1. The SMILES string of the molecule is O=C(NCC1CCCNC1)NC1CCCCC1. The van der Waals surface area contributed by atoms with Crippen LogP contribution >= 0.6 is 0 Å². The van der Waals surface area contributed by atoms with Gasteiger partial charge in [0.05, 0.1) is 0 Å². The summed E-state index contributed by atoms with van der Waals surface area (Å²) in [4.78, 5) is 11.7. The van der Waals surface area contributed by atoms with Crippen molar-refractivity contribution >= 4 is 6.03 Å². The Kier molecular flexibility index (Phi) is 5.10. The molecule has 1 aliphatic carbocycles. The van der Waals surface area contributed by atoms with Gasteiger partial charge in [0.15, 0.2) is 0 Å².